The highest BCUT2D eigenvalue weighted by atomic mass is 16.5. The zero-order valence-electron chi connectivity index (χ0n) is 5.29. The third kappa shape index (κ3) is 1.43. The molecule has 0 aromatic carbocycles. The standard InChI is InChI=1S/C6H8N2O/c1-5-4-9-6(8-5)2-3-7/h5H,2,4H2,1H3/t5-/m0/s1. The van der Waals surface area contributed by atoms with Gasteiger partial charge >= 0.3 is 0 Å². The van der Waals surface area contributed by atoms with E-state index in [1.807, 2.05) is 13.0 Å². The summed E-state index contributed by atoms with van der Waals surface area (Å²) in [6.07, 6.45) is 0.310. The summed E-state index contributed by atoms with van der Waals surface area (Å²) in [5, 5.41) is 8.20. The van der Waals surface area contributed by atoms with Gasteiger partial charge in [-0.15, -0.1) is 0 Å². The van der Waals surface area contributed by atoms with Crippen LogP contribution in [0.1, 0.15) is 13.3 Å². The van der Waals surface area contributed by atoms with E-state index in [1.165, 1.54) is 0 Å². The maximum absolute atomic E-state index is 8.20. The van der Waals surface area contributed by atoms with Crippen LogP contribution in [0.15, 0.2) is 4.99 Å². The smallest absolute Gasteiger partial charge is 0.198 e. The molecule has 0 N–H and O–H groups in total. The minimum atomic E-state index is 0.244. The van der Waals surface area contributed by atoms with E-state index in [4.69, 9.17) is 10.00 Å². The highest BCUT2D eigenvalue weighted by Gasteiger charge is 2.12. The maximum atomic E-state index is 8.20. The SMILES string of the molecule is C[C@H]1COC(CC#N)=N1. The van der Waals surface area contributed by atoms with Crippen LogP contribution >= 0.6 is 0 Å². The molecular weight excluding hydrogens is 116 g/mol. The molecule has 0 radical (unpaired) electrons. The van der Waals surface area contributed by atoms with Crippen molar-refractivity contribution in [2.45, 2.75) is 19.4 Å². The first-order chi connectivity index (χ1) is 4.33. The third-order valence-electron chi connectivity index (χ3n) is 1.09. The van der Waals surface area contributed by atoms with E-state index in [0.29, 0.717) is 18.9 Å². The van der Waals surface area contributed by atoms with Crippen LogP contribution in [0.25, 0.3) is 0 Å². The second-order valence-electron chi connectivity index (χ2n) is 2.02. The molecule has 48 valence electrons. The molecule has 0 aromatic rings. The largest absolute Gasteiger partial charge is 0.478 e. The van der Waals surface area contributed by atoms with Crippen LogP contribution < -0.4 is 0 Å². The van der Waals surface area contributed by atoms with Crippen molar-refractivity contribution < 1.29 is 4.74 Å². The molecule has 3 heteroatoms. The van der Waals surface area contributed by atoms with Gasteiger partial charge in [0.1, 0.15) is 13.0 Å². The van der Waals surface area contributed by atoms with Crippen molar-refractivity contribution in [2.75, 3.05) is 6.61 Å². The summed E-state index contributed by atoms with van der Waals surface area (Å²) in [5.74, 6) is 0.588. The second kappa shape index (κ2) is 2.49. The molecule has 0 saturated carbocycles. The molecule has 0 bridgehead atoms. The molecule has 0 aliphatic carbocycles. The summed E-state index contributed by atoms with van der Waals surface area (Å²) in [7, 11) is 0. The van der Waals surface area contributed by atoms with Gasteiger partial charge in [0.05, 0.1) is 12.1 Å². The first-order valence-electron chi connectivity index (χ1n) is 2.89. The Labute approximate surface area is 54.0 Å². The van der Waals surface area contributed by atoms with Crippen molar-refractivity contribution in [1.82, 2.24) is 0 Å². The summed E-state index contributed by atoms with van der Waals surface area (Å²) < 4.78 is 5.03. The van der Waals surface area contributed by atoms with Crippen molar-refractivity contribution in [3.8, 4) is 6.07 Å². The van der Waals surface area contributed by atoms with Gasteiger partial charge in [-0.2, -0.15) is 5.26 Å². The molecule has 1 heterocycles. The fourth-order valence-corrected chi connectivity index (χ4v) is 0.701. The second-order valence-corrected chi connectivity index (χ2v) is 2.02. The lowest BCUT2D eigenvalue weighted by atomic mass is 10.4. The van der Waals surface area contributed by atoms with Gasteiger partial charge in [-0.25, -0.2) is 4.99 Å². The van der Waals surface area contributed by atoms with E-state index in [-0.39, 0.29) is 6.04 Å². The molecule has 0 amide bonds. The Morgan fingerprint density at radius 1 is 2.00 bits per heavy atom. The molecule has 0 spiro atoms. The quantitative estimate of drug-likeness (QED) is 0.517. The fraction of sp³-hybridized carbons (Fsp3) is 0.667. The Balaban J connectivity index is 2.44. The average Bonchev–Trinajstić information content (AvgIpc) is 2.17. The minimum absolute atomic E-state index is 0.244. The van der Waals surface area contributed by atoms with Crippen LogP contribution in [0.2, 0.25) is 0 Å². The minimum Gasteiger partial charge on any atom is -0.478 e. The topological polar surface area (TPSA) is 45.4 Å². The van der Waals surface area contributed by atoms with Gasteiger partial charge in [-0.3, -0.25) is 0 Å². The molecule has 0 unspecified atom stereocenters. The lowest BCUT2D eigenvalue weighted by Gasteiger charge is -1.92. The van der Waals surface area contributed by atoms with Gasteiger partial charge in [0.15, 0.2) is 5.90 Å². The molecule has 0 fully saturated rings. The van der Waals surface area contributed by atoms with Crippen molar-refractivity contribution >= 4 is 5.90 Å². The van der Waals surface area contributed by atoms with Crippen LogP contribution in [-0.2, 0) is 4.74 Å². The third-order valence-corrected chi connectivity index (χ3v) is 1.09. The number of aliphatic imine (C=N–C) groups is 1. The van der Waals surface area contributed by atoms with E-state index in [1.54, 1.807) is 0 Å². The van der Waals surface area contributed by atoms with Crippen LogP contribution in [0.4, 0.5) is 0 Å². The van der Waals surface area contributed by atoms with Crippen molar-refractivity contribution in [3.05, 3.63) is 0 Å². The van der Waals surface area contributed by atoms with Crippen molar-refractivity contribution in [2.24, 2.45) is 4.99 Å². The lowest BCUT2D eigenvalue weighted by molar-refractivity contribution is 0.318. The normalized spacial score (nSPS) is 24.4. The zero-order chi connectivity index (χ0) is 6.69. The van der Waals surface area contributed by atoms with Crippen molar-refractivity contribution in [3.63, 3.8) is 0 Å². The summed E-state index contributed by atoms with van der Waals surface area (Å²) in [4.78, 5) is 4.05. The first-order valence-corrected chi connectivity index (χ1v) is 2.89. The number of rotatable bonds is 1. The van der Waals surface area contributed by atoms with Gasteiger partial charge in [-0.05, 0) is 6.92 Å². The molecule has 1 aliphatic rings. The molecule has 1 atom stereocenters. The predicted octanol–water partition coefficient (Wildman–Crippen LogP) is 0.717. The van der Waals surface area contributed by atoms with Crippen molar-refractivity contribution in [1.29, 1.82) is 5.26 Å². The molecule has 1 aliphatic heterocycles. The Morgan fingerprint density at radius 2 is 2.78 bits per heavy atom. The van der Waals surface area contributed by atoms with E-state index in [2.05, 4.69) is 4.99 Å². The van der Waals surface area contributed by atoms with Crippen LogP contribution in [-0.4, -0.2) is 18.5 Å². The van der Waals surface area contributed by atoms with Gasteiger partial charge in [0, 0.05) is 0 Å². The Morgan fingerprint density at radius 3 is 3.22 bits per heavy atom. The molecule has 1 rings (SSSR count). The molecular formula is C6H8N2O. The van der Waals surface area contributed by atoms with Crippen LogP contribution in [0.3, 0.4) is 0 Å². The highest BCUT2D eigenvalue weighted by molar-refractivity contribution is 5.79. The van der Waals surface area contributed by atoms with Crippen LogP contribution in [0, 0.1) is 11.3 Å². The zero-order valence-corrected chi connectivity index (χ0v) is 5.29. The van der Waals surface area contributed by atoms with Gasteiger partial charge < -0.3 is 4.74 Å². The predicted molar refractivity (Wildman–Crippen MR) is 33.1 cm³/mol. The fourth-order valence-electron chi connectivity index (χ4n) is 0.701. The number of hydrogen-bond donors (Lipinski definition) is 0. The highest BCUT2D eigenvalue weighted by Crippen LogP contribution is 2.04. The lowest BCUT2D eigenvalue weighted by Crippen LogP contribution is -1.99. The molecule has 0 aromatic heterocycles. The molecule has 3 nitrogen and oxygen atoms in total. The van der Waals surface area contributed by atoms with Gasteiger partial charge in [0.25, 0.3) is 0 Å². The van der Waals surface area contributed by atoms with Gasteiger partial charge in [-0.1, -0.05) is 0 Å². The number of nitrogens with zero attached hydrogens (tertiary/aromatic N) is 2. The first kappa shape index (κ1) is 6.09. The number of ether oxygens (including phenoxy) is 1. The molecule has 9 heavy (non-hydrogen) atoms. The monoisotopic (exact) mass is 124 g/mol. The Bertz CT molecular complexity index is 168. The van der Waals surface area contributed by atoms with E-state index < -0.39 is 0 Å². The summed E-state index contributed by atoms with van der Waals surface area (Å²) in [5.41, 5.74) is 0. The number of hydrogen-bond acceptors (Lipinski definition) is 3. The van der Waals surface area contributed by atoms with Gasteiger partial charge in [0.2, 0.25) is 0 Å². The average molecular weight is 124 g/mol. The van der Waals surface area contributed by atoms with E-state index >= 15 is 0 Å². The maximum Gasteiger partial charge on any atom is 0.198 e. The summed E-state index contributed by atoms with van der Waals surface area (Å²) >= 11 is 0. The Kier molecular flexibility index (Phi) is 1.69. The van der Waals surface area contributed by atoms with E-state index in [0.717, 1.165) is 0 Å². The molecule has 0 saturated heterocycles. The summed E-state index contributed by atoms with van der Waals surface area (Å²) in [6.45, 7) is 2.60. The Hall–Kier alpha value is -1.04. The van der Waals surface area contributed by atoms with E-state index in [9.17, 15) is 0 Å². The summed E-state index contributed by atoms with van der Waals surface area (Å²) in [6, 6.07) is 2.22. The number of nitriles is 1. The van der Waals surface area contributed by atoms with Crippen LogP contribution in [0.5, 0.6) is 0 Å².